The van der Waals surface area contributed by atoms with Crippen molar-refractivity contribution < 1.29 is 13.6 Å². The van der Waals surface area contributed by atoms with Crippen molar-refractivity contribution in [2.24, 2.45) is 0 Å². The minimum atomic E-state index is -1.61. The number of pyridine rings is 2. The van der Waals surface area contributed by atoms with E-state index in [4.69, 9.17) is 0 Å². The first-order chi connectivity index (χ1) is 13.2. The lowest BCUT2D eigenvalue weighted by Crippen LogP contribution is -2.12. The van der Waals surface area contributed by atoms with E-state index in [1.54, 1.807) is 24.3 Å². The van der Waals surface area contributed by atoms with Crippen LogP contribution in [0.5, 0.6) is 0 Å². The Morgan fingerprint density at radius 2 is 1.79 bits per heavy atom. The van der Waals surface area contributed by atoms with E-state index in [0.29, 0.717) is 22.9 Å². The number of nitrogens with zero attached hydrogens (tertiary/aromatic N) is 4. The van der Waals surface area contributed by atoms with Crippen LogP contribution in [0.2, 0.25) is 0 Å². The summed E-state index contributed by atoms with van der Waals surface area (Å²) in [6, 6.07) is 6.50. The molecule has 7 nitrogen and oxygen atoms in total. The molecule has 0 aliphatic carbocycles. The number of nitrogens with one attached hydrogen (secondary N) is 2. The maximum atomic E-state index is 14.2. The zero-order valence-corrected chi connectivity index (χ0v) is 15.5. The Kier molecular flexibility index (Phi) is 5.25. The van der Waals surface area contributed by atoms with Crippen LogP contribution in [0.1, 0.15) is 26.5 Å². The molecule has 0 fully saturated rings. The van der Waals surface area contributed by atoms with Crippen LogP contribution in [0.25, 0.3) is 11.4 Å². The third-order valence-corrected chi connectivity index (χ3v) is 3.69. The molecule has 3 aromatic heterocycles. The lowest BCUT2D eigenvalue weighted by atomic mass is 10.1. The van der Waals surface area contributed by atoms with Gasteiger partial charge in [0, 0.05) is 19.2 Å². The minimum absolute atomic E-state index is 0.229. The molecule has 0 saturated carbocycles. The van der Waals surface area contributed by atoms with Crippen LogP contribution in [0, 0.1) is 5.82 Å². The molecule has 144 valence electrons. The highest BCUT2D eigenvalue weighted by atomic mass is 19.1. The minimum Gasteiger partial charge on any atom is -0.339 e. The number of alkyl halides is 1. The Morgan fingerprint density at radius 1 is 1.07 bits per heavy atom. The first-order valence-corrected chi connectivity index (χ1v) is 8.41. The van der Waals surface area contributed by atoms with Crippen LogP contribution < -0.4 is 10.6 Å². The molecule has 0 unspecified atom stereocenters. The van der Waals surface area contributed by atoms with Gasteiger partial charge in [-0.2, -0.15) is 0 Å². The molecule has 0 saturated heterocycles. The van der Waals surface area contributed by atoms with Crippen LogP contribution in [-0.2, 0) is 10.5 Å². The van der Waals surface area contributed by atoms with E-state index in [1.165, 1.54) is 27.0 Å². The Labute approximate surface area is 160 Å². The van der Waals surface area contributed by atoms with Gasteiger partial charge in [-0.1, -0.05) is 6.07 Å². The summed E-state index contributed by atoms with van der Waals surface area (Å²) >= 11 is 0. The highest BCUT2D eigenvalue weighted by Gasteiger charge is 2.21. The van der Waals surface area contributed by atoms with Crippen LogP contribution in [-0.4, -0.2) is 25.8 Å². The second kappa shape index (κ2) is 7.63. The fourth-order valence-electron chi connectivity index (χ4n) is 2.41. The van der Waals surface area contributed by atoms with Gasteiger partial charge in [-0.05, 0) is 26.0 Å². The molecule has 0 aliphatic heterocycles. The molecular weight excluding hydrogens is 366 g/mol. The van der Waals surface area contributed by atoms with Gasteiger partial charge < -0.3 is 10.6 Å². The summed E-state index contributed by atoms with van der Waals surface area (Å²) in [5, 5.41) is 5.65. The zero-order valence-electron chi connectivity index (χ0n) is 15.5. The fraction of sp³-hybridized carbons (Fsp3) is 0.211. The van der Waals surface area contributed by atoms with Crippen molar-refractivity contribution >= 4 is 23.2 Å². The number of anilines is 3. The lowest BCUT2D eigenvalue weighted by Gasteiger charge is -2.16. The molecule has 0 radical (unpaired) electrons. The SMILES string of the molecule is CC(=O)Nc1cc(Nc2cccc(C(C)(C)F)n2)c(-c2ncc(F)cn2)cn1. The number of hydrogen-bond donors (Lipinski definition) is 2. The Bertz CT molecular complexity index is 1000. The molecule has 3 heterocycles. The molecule has 0 aliphatic rings. The van der Waals surface area contributed by atoms with Gasteiger partial charge in [0.2, 0.25) is 5.91 Å². The van der Waals surface area contributed by atoms with E-state index in [1.807, 2.05) is 0 Å². The molecule has 0 atom stereocenters. The van der Waals surface area contributed by atoms with Crippen molar-refractivity contribution in [3.63, 3.8) is 0 Å². The van der Waals surface area contributed by atoms with E-state index in [0.717, 1.165) is 12.4 Å². The maximum absolute atomic E-state index is 14.2. The molecule has 1 amide bonds. The number of carbonyl (C=O) groups is 1. The number of aromatic nitrogens is 4. The lowest BCUT2D eigenvalue weighted by molar-refractivity contribution is -0.114. The van der Waals surface area contributed by atoms with Gasteiger partial charge in [-0.15, -0.1) is 0 Å². The normalized spacial score (nSPS) is 11.2. The van der Waals surface area contributed by atoms with Gasteiger partial charge in [0.1, 0.15) is 17.3 Å². The van der Waals surface area contributed by atoms with Gasteiger partial charge in [0.25, 0.3) is 0 Å². The standard InChI is InChI=1S/C19H18F2N6O/c1-11(28)25-17-7-14(13(10-22-17)18-23-8-12(20)9-24-18)26-16-6-4-5-15(27-16)19(2,3)21/h4-10H,1-3H3,(H2,22,25,26,27,28). The van der Waals surface area contributed by atoms with Gasteiger partial charge in [-0.25, -0.2) is 28.7 Å². The van der Waals surface area contributed by atoms with Gasteiger partial charge in [0.15, 0.2) is 11.6 Å². The molecular formula is C19H18F2N6O. The van der Waals surface area contributed by atoms with Gasteiger partial charge >= 0.3 is 0 Å². The molecule has 2 N–H and O–H groups in total. The Balaban J connectivity index is 2.03. The molecule has 0 spiro atoms. The summed E-state index contributed by atoms with van der Waals surface area (Å²) < 4.78 is 27.4. The van der Waals surface area contributed by atoms with Crippen LogP contribution in [0.15, 0.2) is 42.9 Å². The smallest absolute Gasteiger partial charge is 0.222 e. The third-order valence-electron chi connectivity index (χ3n) is 3.69. The van der Waals surface area contributed by atoms with Gasteiger partial charge in [-0.3, -0.25) is 4.79 Å². The quantitative estimate of drug-likeness (QED) is 0.691. The van der Waals surface area contributed by atoms with E-state index in [-0.39, 0.29) is 17.4 Å². The van der Waals surface area contributed by atoms with Crippen LogP contribution >= 0.6 is 0 Å². The predicted molar refractivity (Wildman–Crippen MR) is 101 cm³/mol. The molecule has 28 heavy (non-hydrogen) atoms. The third kappa shape index (κ3) is 4.61. The summed E-state index contributed by atoms with van der Waals surface area (Å²) in [5.74, 6) is 0.0475. The highest BCUT2D eigenvalue weighted by Crippen LogP contribution is 2.30. The van der Waals surface area contributed by atoms with Crippen molar-refractivity contribution in [3.05, 3.63) is 54.4 Å². The van der Waals surface area contributed by atoms with Gasteiger partial charge in [0.05, 0.1) is 29.3 Å². The van der Waals surface area contributed by atoms with Crippen molar-refractivity contribution in [1.82, 2.24) is 19.9 Å². The summed E-state index contributed by atoms with van der Waals surface area (Å²) in [5.41, 5.74) is -0.430. The first-order valence-electron chi connectivity index (χ1n) is 8.41. The average Bonchev–Trinajstić information content (AvgIpc) is 2.62. The summed E-state index contributed by atoms with van der Waals surface area (Å²) in [4.78, 5) is 27.7. The monoisotopic (exact) mass is 384 g/mol. The van der Waals surface area contributed by atoms with E-state index in [9.17, 15) is 13.6 Å². The summed E-state index contributed by atoms with van der Waals surface area (Å²) in [6.45, 7) is 4.19. The number of carbonyl (C=O) groups excluding carboxylic acids is 1. The molecule has 0 aromatic carbocycles. The molecule has 0 bridgehead atoms. The summed E-state index contributed by atoms with van der Waals surface area (Å²) in [7, 11) is 0. The number of hydrogen-bond acceptors (Lipinski definition) is 6. The zero-order chi connectivity index (χ0) is 20.3. The van der Waals surface area contributed by atoms with Crippen LogP contribution in [0.3, 0.4) is 0 Å². The largest absolute Gasteiger partial charge is 0.339 e. The second-order valence-electron chi connectivity index (χ2n) is 6.53. The van der Waals surface area contributed by atoms with E-state index < -0.39 is 11.5 Å². The summed E-state index contributed by atoms with van der Waals surface area (Å²) in [6.07, 6.45) is 3.53. The second-order valence-corrected chi connectivity index (χ2v) is 6.53. The van der Waals surface area contributed by atoms with Crippen molar-refractivity contribution in [2.75, 3.05) is 10.6 Å². The number of amides is 1. The van der Waals surface area contributed by atoms with E-state index >= 15 is 0 Å². The van der Waals surface area contributed by atoms with Crippen LogP contribution in [0.4, 0.5) is 26.1 Å². The number of halogens is 2. The predicted octanol–water partition coefficient (Wildman–Crippen LogP) is 3.98. The Morgan fingerprint density at radius 3 is 2.43 bits per heavy atom. The highest BCUT2D eigenvalue weighted by molar-refractivity contribution is 5.89. The van der Waals surface area contributed by atoms with Crippen molar-refractivity contribution in [2.45, 2.75) is 26.4 Å². The molecule has 3 rings (SSSR count). The topological polar surface area (TPSA) is 92.7 Å². The number of rotatable bonds is 5. The van der Waals surface area contributed by atoms with E-state index in [2.05, 4.69) is 30.6 Å². The van der Waals surface area contributed by atoms with Crippen molar-refractivity contribution in [1.29, 1.82) is 0 Å². The molecule has 3 aromatic rings. The fourth-order valence-corrected chi connectivity index (χ4v) is 2.41. The Hall–Kier alpha value is -3.49. The maximum Gasteiger partial charge on any atom is 0.222 e. The van der Waals surface area contributed by atoms with Crippen molar-refractivity contribution in [3.8, 4) is 11.4 Å². The first kappa shape index (κ1) is 19.3. The molecule has 9 heteroatoms. The average molecular weight is 384 g/mol.